The SMILES string of the molecule is Cc1nc(-c2cccs2)c(CCN)n1C. The smallest absolute Gasteiger partial charge is 0.106 e. The highest BCUT2D eigenvalue weighted by molar-refractivity contribution is 7.13. The van der Waals surface area contributed by atoms with E-state index in [0.29, 0.717) is 6.54 Å². The normalized spacial score (nSPS) is 10.9. The fourth-order valence-electron chi connectivity index (χ4n) is 1.69. The summed E-state index contributed by atoms with van der Waals surface area (Å²) in [7, 11) is 2.05. The number of rotatable bonds is 3. The van der Waals surface area contributed by atoms with Crippen molar-refractivity contribution < 1.29 is 0 Å². The van der Waals surface area contributed by atoms with Crippen molar-refractivity contribution in [2.45, 2.75) is 13.3 Å². The zero-order valence-electron chi connectivity index (χ0n) is 9.03. The molecule has 2 aromatic heterocycles. The first-order valence-corrected chi connectivity index (χ1v) is 5.88. The maximum absolute atomic E-state index is 5.62. The van der Waals surface area contributed by atoms with Gasteiger partial charge in [-0.1, -0.05) is 6.07 Å². The number of hydrogen-bond donors (Lipinski definition) is 1. The molecule has 0 aliphatic rings. The Morgan fingerprint density at radius 3 is 2.93 bits per heavy atom. The van der Waals surface area contributed by atoms with Gasteiger partial charge in [0.15, 0.2) is 0 Å². The Hall–Kier alpha value is -1.13. The van der Waals surface area contributed by atoms with Gasteiger partial charge in [0.25, 0.3) is 0 Å². The van der Waals surface area contributed by atoms with E-state index < -0.39 is 0 Å². The van der Waals surface area contributed by atoms with Gasteiger partial charge in [0, 0.05) is 19.2 Å². The predicted molar refractivity (Wildman–Crippen MR) is 64.0 cm³/mol. The van der Waals surface area contributed by atoms with Crippen LogP contribution in [0, 0.1) is 6.92 Å². The van der Waals surface area contributed by atoms with Crippen molar-refractivity contribution >= 4 is 11.3 Å². The second kappa shape index (κ2) is 4.16. The summed E-state index contributed by atoms with van der Waals surface area (Å²) >= 11 is 1.72. The van der Waals surface area contributed by atoms with Crippen LogP contribution in [-0.2, 0) is 13.5 Å². The van der Waals surface area contributed by atoms with Crippen molar-refractivity contribution in [1.82, 2.24) is 9.55 Å². The minimum absolute atomic E-state index is 0.664. The van der Waals surface area contributed by atoms with Crippen LogP contribution in [-0.4, -0.2) is 16.1 Å². The molecule has 80 valence electrons. The lowest BCUT2D eigenvalue weighted by atomic mass is 10.2. The molecular weight excluding hydrogens is 206 g/mol. The second-order valence-electron chi connectivity index (χ2n) is 3.53. The van der Waals surface area contributed by atoms with Gasteiger partial charge in [-0.3, -0.25) is 0 Å². The number of thiophene rings is 1. The van der Waals surface area contributed by atoms with Crippen LogP contribution < -0.4 is 5.73 Å². The van der Waals surface area contributed by atoms with Gasteiger partial charge in [-0.2, -0.15) is 0 Å². The Morgan fingerprint density at radius 2 is 2.33 bits per heavy atom. The molecule has 0 bridgehead atoms. The van der Waals surface area contributed by atoms with Crippen LogP contribution in [0.5, 0.6) is 0 Å². The van der Waals surface area contributed by atoms with E-state index in [-0.39, 0.29) is 0 Å². The van der Waals surface area contributed by atoms with Gasteiger partial charge in [-0.15, -0.1) is 11.3 Å². The first-order chi connectivity index (χ1) is 7.24. The molecule has 0 fully saturated rings. The van der Waals surface area contributed by atoms with Gasteiger partial charge in [0.2, 0.25) is 0 Å². The highest BCUT2D eigenvalue weighted by Gasteiger charge is 2.13. The average molecular weight is 221 g/mol. The topological polar surface area (TPSA) is 43.8 Å². The number of nitrogens with zero attached hydrogens (tertiary/aromatic N) is 2. The molecule has 2 heterocycles. The molecule has 3 nitrogen and oxygen atoms in total. The van der Waals surface area contributed by atoms with Crippen molar-refractivity contribution in [2.24, 2.45) is 12.8 Å². The Balaban J connectivity index is 2.51. The fraction of sp³-hybridized carbons (Fsp3) is 0.364. The van der Waals surface area contributed by atoms with Gasteiger partial charge >= 0.3 is 0 Å². The third-order valence-electron chi connectivity index (χ3n) is 2.57. The lowest BCUT2D eigenvalue weighted by Gasteiger charge is -2.03. The molecule has 0 spiro atoms. The van der Waals surface area contributed by atoms with E-state index >= 15 is 0 Å². The number of hydrogen-bond acceptors (Lipinski definition) is 3. The number of aromatic nitrogens is 2. The van der Waals surface area contributed by atoms with Crippen LogP contribution in [0.15, 0.2) is 17.5 Å². The summed E-state index contributed by atoms with van der Waals surface area (Å²) in [6.45, 7) is 2.69. The molecular formula is C11H15N3S. The van der Waals surface area contributed by atoms with Crippen LogP contribution >= 0.6 is 11.3 Å². The third-order valence-corrected chi connectivity index (χ3v) is 3.45. The van der Waals surface area contributed by atoms with Gasteiger partial charge in [-0.05, 0) is 24.9 Å². The molecule has 0 amide bonds. The van der Waals surface area contributed by atoms with Crippen molar-refractivity contribution in [3.05, 3.63) is 29.0 Å². The summed E-state index contributed by atoms with van der Waals surface area (Å²) < 4.78 is 2.13. The second-order valence-corrected chi connectivity index (χ2v) is 4.48. The van der Waals surface area contributed by atoms with Gasteiger partial charge < -0.3 is 10.3 Å². The van der Waals surface area contributed by atoms with Crippen molar-refractivity contribution in [2.75, 3.05) is 6.54 Å². The third kappa shape index (κ3) is 1.82. The zero-order chi connectivity index (χ0) is 10.8. The van der Waals surface area contributed by atoms with Gasteiger partial charge in [-0.25, -0.2) is 4.98 Å². The minimum atomic E-state index is 0.664. The quantitative estimate of drug-likeness (QED) is 0.861. The molecule has 0 radical (unpaired) electrons. The lowest BCUT2D eigenvalue weighted by molar-refractivity contribution is 0.778. The first-order valence-electron chi connectivity index (χ1n) is 5.00. The monoisotopic (exact) mass is 221 g/mol. The summed E-state index contributed by atoms with van der Waals surface area (Å²) in [4.78, 5) is 5.81. The first kappa shape index (κ1) is 10.4. The van der Waals surface area contributed by atoms with E-state index in [9.17, 15) is 0 Å². The number of imidazole rings is 1. The van der Waals surface area contributed by atoms with E-state index in [1.54, 1.807) is 11.3 Å². The Kier molecular flexibility index (Phi) is 2.88. The molecule has 0 atom stereocenters. The Morgan fingerprint density at radius 1 is 1.53 bits per heavy atom. The van der Waals surface area contributed by atoms with Crippen LogP contribution in [0.4, 0.5) is 0 Å². The molecule has 4 heteroatoms. The molecule has 0 saturated carbocycles. The van der Waals surface area contributed by atoms with Crippen LogP contribution in [0.3, 0.4) is 0 Å². The highest BCUT2D eigenvalue weighted by Crippen LogP contribution is 2.27. The Labute approximate surface area is 93.6 Å². The summed E-state index contributed by atoms with van der Waals surface area (Å²) in [6.07, 6.45) is 0.880. The van der Waals surface area contributed by atoms with E-state index in [4.69, 9.17) is 5.73 Å². The molecule has 0 aromatic carbocycles. The maximum Gasteiger partial charge on any atom is 0.106 e. The maximum atomic E-state index is 5.62. The highest BCUT2D eigenvalue weighted by atomic mass is 32.1. The average Bonchev–Trinajstić information content (AvgIpc) is 2.81. The van der Waals surface area contributed by atoms with Crippen LogP contribution in [0.2, 0.25) is 0 Å². The summed E-state index contributed by atoms with van der Waals surface area (Å²) in [6, 6.07) is 4.16. The minimum Gasteiger partial charge on any atom is -0.335 e. The molecule has 2 N–H and O–H groups in total. The van der Waals surface area contributed by atoms with Crippen LogP contribution in [0.25, 0.3) is 10.6 Å². The van der Waals surface area contributed by atoms with Crippen molar-refractivity contribution in [3.8, 4) is 10.6 Å². The molecule has 0 aliphatic heterocycles. The summed E-state index contributed by atoms with van der Waals surface area (Å²) in [5, 5.41) is 2.07. The van der Waals surface area contributed by atoms with Gasteiger partial charge in [0.05, 0.1) is 4.88 Å². The van der Waals surface area contributed by atoms with Crippen molar-refractivity contribution in [1.29, 1.82) is 0 Å². The van der Waals surface area contributed by atoms with E-state index in [1.807, 2.05) is 14.0 Å². The van der Waals surface area contributed by atoms with Crippen molar-refractivity contribution in [3.63, 3.8) is 0 Å². The standard InChI is InChI=1S/C11H15N3S/c1-8-13-11(10-4-3-7-15-10)9(5-6-12)14(8)2/h3-4,7H,5-6,12H2,1-2H3. The summed E-state index contributed by atoms with van der Waals surface area (Å²) in [5.74, 6) is 1.04. The number of aryl methyl sites for hydroxylation is 1. The largest absolute Gasteiger partial charge is 0.335 e. The molecule has 2 rings (SSSR count). The van der Waals surface area contributed by atoms with E-state index in [2.05, 4.69) is 27.1 Å². The predicted octanol–water partition coefficient (Wildman–Crippen LogP) is 1.96. The molecule has 0 unspecified atom stereocenters. The summed E-state index contributed by atoms with van der Waals surface area (Å²) in [5.41, 5.74) is 7.95. The van der Waals surface area contributed by atoms with Crippen LogP contribution in [0.1, 0.15) is 11.5 Å². The van der Waals surface area contributed by atoms with E-state index in [0.717, 1.165) is 17.9 Å². The molecule has 0 saturated heterocycles. The zero-order valence-corrected chi connectivity index (χ0v) is 9.84. The Bertz CT molecular complexity index is 443. The molecule has 2 aromatic rings. The fourth-order valence-corrected chi connectivity index (χ4v) is 2.42. The number of nitrogens with two attached hydrogens (primary N) is 1. The molecule has 0 aliphatic carbocycles. The molecule has 15 heavy (non-hydrogen) atoms. The van der Waals surface area contributed by atoms with E-state index in [1.165, 1.54) is 10.6 Å². The van der Waals surface area contributed by atoms with Gasteiger partial charge in [0.1, 0.15) is 11.5 Å². The lowest BCUT2D eigenvalue weighted by Crippen LogP contribution is -2.08.